The lowest BCUT2D eigenvalue weighted by molar-refractivity contribution is 0.170. The zero-order chi connectivity index (χ0) is 15.4. The van der Waals surface area contributed by atoms with Crippen LogP contribution in [-0.4, -0.2) is 5.11 Å². The molecule has 0 aliphatic rings. The van der Waals surface area contributed by atoms with Gasteiger partial charge in [-0.05, 0) is 42.5 Å². The minimum absolute atomic E-state index is 0.462. The van der Waals surface area contributed by atoms with E-state index in [1.54, 1.807) is 0 Å². The highest BCUT2D eigenvalue weighted by molar-refractivity contribution is 5.44. The fourth-order valence-corrected chi connectivity index (χ4v) is 2.27. The van der Waals surface area contributed by atoms with Crippen molar-refractivity contribution in [2.24, 2.45) is 0 Å². The maximum Gasteiger partial charge on any atom is 0.133 e. The van der Waals surface area contributed by atoms with Crippen LogP contribution in [0.3, 0.4) is 0 Å². The maximum atomic E-state index is 10.1. The first-order chi connectivity index (χ1) is 10.0. The SMILES string of the molecule is CC[C@@H](O)c1ccccc1Oc1cc(C(C)C)ccc1C. The van der Waals surface area contributed by atoms with Gasteiger partial charge in [-0.15, -0.1) is 0 Å². The molecule has 2 rings (SSSR count). The van der Waals surface area contributed by atoms with Gasteiger partial charge in [0.1, 0.15) is 11.5 Å². The molecule has 0 amide bonds. The van der Waals surface area contributed by atoms with Gasteiger partial charge in [0.15, 0.2) is 0 Å². The van der Waals surface area contributed by atoms with Crippen LogP contribution in [0.15, 0.2) is 42.5 Å². The summed E-state index contributed by atoms with van der Waals surface area (Å²) in [5.41, 5.74) is 3.19. The van der Waals surface area contributed by atoms with Crippen LogP contribution in [-0.2, 0) is 0 Å². The second-order valence-electron chi connectivity index (χ2n) is 5.74. The molecule has 0 saturated heterocycles. The molecule has 2 aromatic carbocycles. The van der Waals surface area contributed by atoms with Crippen LogP contribution in [0.4, 0.5) is 0 Å². The molecule has 0 radical (unpaired) electrons. The van der Waals surface area contributed by atoms with E-state index >= 15 is 0 Å². The predicted molar refractivity (Wildman–Crippen MR) is 87.0 cm³/mol. The molecule has 1 atom stereocenters. The normalized spacial score (nSPS) is 12.5. The molecule has 0 aliphatic heterocycles. The lowest BCUT2D eigenvalue weighted by Crippen LogP contribution is -2.00. The fourth-order valence-electron chi connectivity index (χ4n) is 2.27. The summed E-state index contributed by atoms with van der Waals surface area (Å²) in [5.74, 6) is 2.05. The maximum absolute atomic E-state index is 10.1. The molecule has 0 heterocycles. The lowest BCUT2D eigenvalue weighted by Gasteiger charge is -2.17. The van der Waals surface area contributed by atoms with Gasteiger partial charge in [-0.3, -0.25) is 0 Å². The van der Waals surface area contributed by atoms with E-state index in [1.807, 2.05) is 38.1 Å². The summed E-state index contributed by atoms with van der Waals surface area (Å²) in [6, 6.07) is 14.0. The van der Waals surface area contributed by atoms with Gasteiger partial charge in [-0.25, -0.2) is 0 Å². The molecule has 0 fully saturated rings. The molecule has 0 bridgehead atoms. The molecule has 21 heavy (non-hydrogen) atoms. The summed E-state index contributed by atoms with van der Waals surface area (Å²) in [4.78, 5) is 0. The van der Waals surface area contributed by atoms with Crippen molar-refractivity contribution in [1.82, 2.24) is 0 Å². The number of benzene rings is 2. The van der Waals surface area contributed by atoms with E-state index in [0.29, 0.717) is 12.3 Å². The monoisotopic (exact) mass is 284 g/mol. The van der Waals surface area contributed by atoms with Gasteiger partial charge in [0, 0.05) is 5.56 Å². The summed E-state index contributed by atoms with van der Waals surface area (Å²) in [5, 5.41) is 10.1. The Bertz CT molecular complexity index is 602. The average Bonchev–Trinajstić information content (AvgIpc) is 2.49. The minimum Gasteiger partial charge on any atom is -0.457 e. The van der Waals surface area contributed by atoms with Gasteiger partial charge in [-0.1, -0.05) is 51.1 Å². The number of aliphatic hydroxyl groups excluding tert-OH is 1. The molecule has 0 aromatic heterocycles. The summed E-state index contributed by atoms with van der Waals surface area (Å²) in [7, 11) is 0. The Balaban J connectivity index is 2.36. The molecule has 2 aromatic rings. The van der Waals surface area contributed by atoms with Crippen molar-refractivity contribution in [3.63, 3.8) is 0 Å². The summed E-state index contributed by atoms with van der Waals surface area (Å²) < 4.78 is 6.09. The molecule has 1 N–H and O–H groups in total. The Morgan fingerprint density at radius 3 is 2.43 bits per heavy atom. The van der Waals surface area contributed by atoms with Gasteiger partial charge in [0.2, 0.25) is 0 Å². The molecule has 112 valence electrons. The van der Waals surface area contributed by atoms with E-state index in [9.17, 15) is 5.11 Å². The highest BCUT2D eigenvalue weighted by Gasteiger charge is 2.13. The summed E-state index contributed by atoms with van der Waals surface area (Å²) >= 11 is 0. The van der Waals surface area contributed by atoms with Crippen molar-refractivity contribution in [3.8, 4) is 11.5 Å². The third kappa shape index (κ3) is 3.64. The van der Waals surface area contributed by atoms with Crippen LogP contribution >= 0.6 is 0 Å². The molecule has 0 aliphatic carbocycles. The van der Waals surface area contributed by atoms with Crippen molar-refractivity contribution in [2.75, 3.05) is 0 Å². The second kappa shape index (κ2) is 6.77. The van der Waals surface area contributed by atoms with Crippen molar-refractivity contribution in [3.05, 3.63) is 59.2 Å². The molecule has 2 heteroatoms. The Morgan fingerprint density at radius 2 is 1.76 bits per heavy atom. The standard InChI is InChI=1S/C19H24O2/c1-5-17(20)16-8-6-7-9-18(16)21-19-12-15(13(2)3)11-10-14(19)4/h6-13,17,20H,5H2,1-4H3/t17-/m1/s1. The molecular formula is C19H24O2. The minimum atomic E-state index is -0.491. The van der Waals surface area contributed by atoms with E-state index in [-0.39, 0.29) is 0 Å². The first-order valence-corrected chi connectivity index (χ1v) is 7.58. The molecular weight excluding hydrogens is 260 g/mol. The van der Waals surface area contributed by atoms with Gasteiger partial charge in [0.25, 0.3) is 0 Å². The Hall–Kier alpha value is -1.80. The summed E-state index contributed by atoms with van der Waals surface area (Å²) in [6.45, 7) is 8.34. The average molecular weight is 284 g/mol. The summed E-state index contributed by atoms with van der Waals surface area (Å²) in [6.07, 6.45) is 0.181. The van der Waals surface area contributed by atoms with Crippen molar-refractivity contribution < 1.29 is 9.84 Å². The van der Waals surface area contributed by atoms with Crippen molar-refractivity contribution >= 4 is 0 Å². The third-order valence-corrected chi connectivity index (χ3v) is 3.76. The number of para-hydroxylation sites is 1. The molecule has 0 spiro atoms. The van der Waals surface area contributed by atoms with Crippen LogP contribution < -0.4 is 4.74 Å². The first kappa shape index (κ1) is 15.6. The third-order valence-electron chi connectivity index (χ3n) is 3.76. The van der Waals surface area contributed by atoms with Crippen LogP contribution in [0.5, 0.6) is 11.5 Å². The van der Waals surface area contributed by atoms with Gasteiger partial charge < -0.3 is 9.84 Å². The van der Waals surface area contributed by atoms with Crippen molar-refractivity contribution in [2.45, 2.75) is 46.1 Å². The number of rotatable bonds is 5. The first-order valence-electron chi connectivity index (χ1n) is 7.58. The molecule has 0 unspecified atom stereocenters. The molecule has 2 nitrogen and oxygen atoms in total. The quantitative estimate of drug-likeness (QED) is 0.801. The van der Waals surface area contributed by atoms with E-state index in [2.05, 4.69) is 32.0 Å². The Kier molecular flexibility index (Phi) is 5.03. The molecule has 0 saturated carbocycles. The predicted octanol–water partition coefficient (Wildman–Crippen LogP) is 5.35. The van der Waals surface area contributed by atoms with E-state index in [0.717, 1.165) is 22.6 Å². The highest BCUT2D eigenvalue weighted by atomic mass is 16.5. The Labute approximate surface area is 127 Å². The number of hydrogen-bond acceptors (Lipinski definition) is 2. The second-order valence-corrected chi connectivity index (χ2v) is 5.74. The highest BCUT2D eigenvalue weighted by Crippen LogP contribution is 2.33. The zero-order valence-electron chi connectivity index (χ0n) is 13.3. The van der Waals surface area contributed by atoms with E-state index in [4.69, 9.17) is 4.74 Å². The van der Waals surface area contributed by atoms with Crippen LogP contribution in [0.25, 0.3) is 0 Å². The number of aryl methyl sites for hydroxylation is 1. The van der Waals surface area contributed by atoms with Gasteiger partial charge in [-0.2, -0.15) is 0 Å². The Morgan fingerprint density at radius 1 is 1.05 bits per heavy atom. The van der Waals surface area contributed by atoms with Crippen LogP contribution in [0.1, 0.15) is 55.9 Å². The van der Waals surface area contributed by atoms with Gasteiger partial charge in [0.05, 0.1) is 6.10 Å². The zero-order valence-corrected chi connectivity index (χ0v) is 13.3. The number of ether oxygens (including phenoxy) is 1. The largest absolute Gasteiger partial charge is 0.457 e. The fraction of sp³-hybridized carbons (Fsp3) is 0.368. The van der Waals surface area contributed by atoms with Gasteiger partial charge >= 0.3 is 0 Å². The number of aliphatic hydroxyl groups is 1. The number of hydrogen-bond donors (Lipinski definition) is 1. The van der Waals surface area contributed by atoms with Crippen LogP contribution in [0, 0.1) is 6.92 Å². The van der Waals surface area contributed by atoms with Crippen LogP contribution in [0.2, 0.25) is 0 Å². The topological polar surface area (TPSA) is 29.5 Å². The smallest absolute Gasteiger partial charge is 0.133 e. The van der Waals surface area contributed by atoms with E-state index < -0.39 is 6.10 Å². The lowest BCUT2D eigenvalue weighted by atomic mass is 10.0. The van der Waals surface area contributed by atoms with Crippen molar-refractivity contribution in [1.29, 1.82) is 0 Å². The van der Waals surface area contributed by atoms with E-state index in [1.165, 1.54) is 5.56 Å².